The summed E-state index contributed by atoms with van der Waals surface area (Å²) < 4.78 is 0. The summed E-state index contributed by atoms with van der Waals surface area (Å²) >= 11 is 0. The van der Waals surface area contributed by atoms with Gasteiger partial charge in [-0.2, -0.15) is 0 Å². The fourth-order valence-corrected chi connectivity index (χ4v) is 6.39. The molecule has 5 N–H and O–H groups in total. The summed E-state index contributed by atoms with van der Waals surface area (Å²) in [6, 6.07) is -3.63. The average Bonchev–Trinajstić information content (AvgIpc) is 3.33. The van der Waals surface area contributed by atoms with Crippen LogP contribution in [0.5, 0.6) is 0 Å². The molecule has 0 radical (unpaired) electrons. The number of aromatic nitrogens is 2. The normalized spacial score (nSPS) is 23.1. The van der Waals surface area contributed by atoms with Gasteiger partial charge in [0.1, 0.15) is 23.8 Å². The zero-order valence-corrected chi connectivity index (χ0v) is 26.4. The standard InChI is InChI=1S/C31H47N7O6/c1-6-8-21(26(39)30(43)34-19-11-12-19)35-29(42)25-20-10-7-9-18(20)14-38(25)31(44)24(17(4)5)37-28(41)23(16(2)3)36-27(40)22-13-32-15-33-22/h13,15-21,23-25H,6-12,14H2,1-5H3,(H,32,33)(H,34,43)(H,35,42)(H,36,40)(H,37,41)/t18-,20-,21?,23+,24?,25-/m0/s1. The monoisotopic (exact) mass is 613 g/mol. The lowest BCUT2D eigenvalue weighted by Gasteiger charge is -2.33. The number of likely N-dealkylation sites (tertiary alicyclic amines) is 1. The predicted octanol–water partition coefficient (Wildman–Crippen LogP) is 1.06. The number of ketones is 1. The fourth-order valence-electron chi connectivity index (χ4n) is 6.39. The lowest BCUT2D eigenvalue weighted by Crippen LogP contribution is -2.60. The molecule has 2 unspecified atom stereocenters. The van der Waals surface area contributed by atoms with Crippen molar-refractivity contribution in [2.24, 2.45) is 23.7 Å². The number of hydrogen-bond donors (Lipinski definition) is 5. The van der Waals surface area contributed by atoms with Crippen LogP contribution in [0.25, 0.3) is 0 Å². The van der Waals surface area contributed by atoms with Crippen LogP contribution in [0.3, 0.4) is 0 Å². The molecule has 0 bridgehead atoms. The summed E-state index contributed by atoms with van der Waals surface area (Å²) in [6.45, 7) is 9.48. The second-order valence-corrected chi connectivity index (χ2v) is 13.1. The van der Waals surface area contributed by atoms with Gasteiger partial charge in [-0.25, -0.2) is 4.98 Å². The smallest absolute Gasteiger partial charge is 0.289 e. The van der Waals surface area contributed by atoms with Crippen LogP contribution in [-0.4, -0.2) is 86.9 Å². The van der Waals surface area contributed by atoms with E-state index in [0.717, 1.165) is 32.1 Å². The lowest BCUT2D eigenvalue weighted by atomic mass is 9.92. The third-order valence-electron chi connectivity index (χ3n) is 9.00. The zero-order chi connectivity index (χ0) is 32.1. The maximum atomic E-state index is 14.2. The minimum Gasteiger partial charge on any atom is -0.347 e. The van der Waals surface area contributed by atoms with Crippen molar-refractivity contribution in [2.75, 3.05) is 6.54 Å². The molecule has 3 aliphatic rings. The second kappa shape index (κ2) is 14.3. The van der Waals surface area contributed by atoms with Crippen LogP contribution < -0.4 is 21.3 Å². The first-order valence-corrected chi connectivity index (χ1v) is 16.0. The molecule has 0 aromatic carbocycles. The molecule has 5 amide bonds. The van der Waals surface area contributed by atoms with Crippen molar-refractivity contribution in [2.45, 2.75) is 110 Å². The number of H-pyrrole nitrogens is 1. The average molecular weight is 614 g/mol. The highest BCUT2D eigenvalue weighted by Crippen LogP contribution is 2.42. The maximum Gasteiger partial charge on any atom is 0.289 e. The first kappa shape index (κ1) is 33.1. The quantitative estimate of drug-likeness (QED) is 0.194. The number of fused-ring (bicyclic) bond motifs is 1. The van der Waals surface area contributed by atoms with Crippen LogP contribution in [-0.2, 0) is 24.0 Å². The summed E-state index contributed by atoms with van der Waals surface area (Å²) in [5.74, 6) is -3.71. The van der Waals surface area contributed by atoms with E-state index >= 15 is 0 Å². The molecule has 13 heteroatoms. The SMILES string of the molecule is CCCC(NC(=O)[C@@H]1[C@H]2CCC[C@H]2CN1C(=O)C(NC(=O)[C@H](NC(=O)c1cnc[nH]1)C(C)C)C(C)C)C(=O)C(=O)NC1CC1. The molecule has 1 saturated heterocycles. The Kier molecular flexibility index (Phi) is 10.8. The van der Waals surface area contributed by atoms with E-state index in [-0.39, 0.29) is 41.3 Å². The van der Waals surface area contributed by atoms with Crippen molar-refractivity contribution in [1.82, 2.24) is 36.1 Å². The van der Waals surface area contributed by atoms with Crippen LogP contribution in [0.2, 0.25) is 0 Å². The van der Waals surface area contributed by atoms with E-state index in [4.69, 9.17) is 0 Å². The number of amides is 5. The number of hydrogen-bond acceptors (Lipinski definition) is 7. The van der Waals surface area contributed by atoms with E-state index in [0.29, 0.717) is 19.4 Å². The summed E-state index contributed by atoms with van der Waals surface area (Å²) in [7, 11) is 0. The highest BCUT2D eigenvalue weighted by molar-refractivity contribution is 6.38. The van der Waals surface area contributed by atoms with E-state index in [1.54, 1.807) is 18.7 Å². The molecule has 3 fully saturated rings. The van der Waals surface area contributed by atoms with E-state index in [1.807, 2.05) is 20.8 Å². The Labute approximate surface area is 258 Å². The number of Topliss-reactive ketones (excluding diaryl/α,β-unsaturated/α-hetero) is 1. The van der Waals surface area contributed by atoms with Crippen LogP contribution in [0, 0.1) is 23.7 Å². The second-order valence-electron chi connectivity index (χ2n) is 13.1. The topological polar surface area (TPSA) is 182 Å². The van der Waals surface area contributed by atoms with E-state index in [9.17, 15) is 28.8 Å². The number of imidazole rings is 1. The molecule has 0 spiro atoms. The van der Waals surface area contributed by atoms with Gasteiger partial charge in [0.2, 0.25) is 23.5 Å². The molecule has 242 valence electrons. The van der Waals surface area contributed by atoms with Gasteiger partial charge >= 0.3 is 0 Å². The van der Waals surface area contributed by atoms with Gasteiger partial charge in [0.25, 0.3) is 11.8 Å². The van der Waals surface area contributed by atoms with E-state index in [1.165, 1.54) is 12.5 Å². The van der Waals surface area contributed by atoms with Gasteiger partial charge in [-0.15, -0.1) is 0 Å². The van der Waals surface area contributed by atoms with Gasteiger partial charge in [0.15, 0.2) is 0 Å². The highest BCUT2D eigenvalue weighted by Gasteiger charge is 2.51. The van der Waals surface area contributed by atoms with Crippen LogP contribution >= 0.6 is 0 Å². The van der Waals surface area contributed by atoms with Gasteiger partial charge in [0, 0.05) is 12.6 Å². The molecule has 1 aliphatic heterocycles. The molecule has 4 rings (SSSR count). The number of nitrogens with zero attached hydrogens (tertiary/aromatic N) is 2. The molecule has 6 atom stereocenters. The zero-order valence-electron chi connectivity index (χ0n) is 26.4. The Morgan fingerprint density at radius 1 is 0.955 bits per heavy atom. The Balaban J connectivity index is 1.50. The molecule has 1 aromatic rings. The highest BCUT2D eigenvalue weighted by atomic mass is 16.2. The van der Waals surface area contributed by atoms with Crippen molar-refractivity contribution in [1.29, 1.82) is 0 Å². The maximum absolute atomic E-state index is 14.2. The summed E-state index contributed by atoms with van der Waals surface area (Å²) in [5, 5.41) is 11.1. The van der Waals surface area contributed by atoms with Crippen molar-refractivity contribution in [3.8, 4) is 0 Å². The number of carbonyl (C=O) groups excluding carboxylic acids is 6. The molecular formula is C31H47N7O6. The summed E-state index contributed by atoms with van der Waals surface area (Å²) in [6.07, 6.45) is 7.90. The van der Waals surface area contributed by atoms with Crippen molar-refractivity contribution >= 4 is 35.3 Å². The molecular weight excluding hydrogens is 566 g/mol. The first-order valence-electron chi connectivity index (χ1n) is 16.0. The molecule has 2 saturated carbocycles. The van der Waals surface area contributed by atoms with Crippen LogP contribution in [0.15, 0.2) is 12.5 Å². The fraction of sp³-hybridized carbons (Fsp3) is 0.710. The van der Waals surface area contributed by atoms with Crippen molar-refractivity contribution in [3.63, 3.8) is 0 Å². The lowest BCUT2D eigenvalue weighted by molar-refractivity contribution is -0.145. The van der Waals surface area contributed by atoms with Gasteiger partial charge in [-0.05, 0) is 55.8 Å². The van der Waals surface area contributed by atoms with Gasteiger partial charge in [-0.3, -0.25) is 28.8 Å². The number of aromatic amines is 1. The van der Waals surface area contributed by atoms with E-state index in [2.05, 4.69) is 31.2 Å². The third kappa shape index (κ3) is 7.65. The Morgan fingerprint density at radius 3 is 2.25 bits per heavy atom. The number of carbonyl (C=O) groups is 6. The Hall–Kier alpha value is -3.77. The Morgan fingerprint density at radius 2 is 1.66 bits per heavy atom. The summed E-state index contributed by atoms with van der Waals surface area (Å²) in [5.41, 5.74) is 0.210. The third-order valence-corrected chi connectivity index (χ3v) is 9.00. The Bertz CT molecular complexity index is 1230. The largest absolute Gasteiger partial charge is 0.347 e. The predicted molar refractivity (Wildman–Crippen MR) is 161 cm³/mol. The van der Waals surface area contributed by atoms with Gasteiger partial charge in [0.05, 0.1) is 18.6 Å². The minimum absolute atomic E-state index is 0.0175. The van der Waals surface area contributed by atoms with Gasteiger partial charge < -0.3 is 31.2 Å². The summed E-state index contributed by atoms with van der Waals surface area (Å²) in [4.78, 5) is 87.8. The number of rotatable bonds is 14. The number of nitrogens with one attached hydrogen (secondary N) is 5. The van der Waals surface area contributed by atoms with Crippen LogP contribution in [0.1, 0.15) is 90.1 Å². The van der Waals surface area contributed by atoms with Gasteiger partial charge in [-0.1, -0.05) is 47.5 Å². The minimum atomic E-state index is -0.977. The molecule has 2 aliphatic carbocycles. The van der Waals surface area contributed by atoms with Crippen molar-refractivity contribution < 1.29 is 28.8 Å². The van der Waals surface area contributed by atoms with E-state index < -0.39 is 53.6 Å². The molecule has 13 nitrogen and oxygen atoms in total. The molecule has 1 aromatic heterocycles. The molecule has 2 heterocycles. The van der Waals surface area contributed by atoms with Crippen LogP contribution in [0.4, 0.5) is 0 Å². The molecule has 44 heavy (non-hydrogen) atoms. The first-order chi connectivity index (χ1) is 20.9. The van der Waals surface area contributed by atoms with Crippen molar-refractivity contribution in [3.05, 3.63) is 18.2 Å².